The van der Waals surface area contributed by atoms with Crippen molar-refractivity contribution < 1.29 is 23.8 Å². The maximum atomic E-state index is 13.9. The van der Waals surface area contributed by atoms with Crippen LogP contribution in [0.2, 0.25) is 0 Å². The summed E-state index contributed by atoms with van der Waals surface area (Å²) in [6.45, 7) is 0.621. The molecular weight excluding hydrogens is 641 g/mol. The molecule has 11 nitrogen and oxygen atoms in total. The summed E-state index contributed by atoms with van der Waals surface area (Å²) in [6.07, 6.45) is 0.553. The maximum absolute atomic E-state index is 13.9. The molecule has 0 saturated heterocycles. The van der Waals surface area contributed by atoms with Crippen molar-refractivity contribution in [3.05, 3.63) is 131 Å². The average Bonchev–Trinajstić information content (AvgIpc) is 3.78. The molecule has 5 aromatic rings. The number of hydrogen-bond donors (Lipinski definition) is 1. The molecule has 0 spiro atoms. The molecule has 1 aliphatic heterocycles. The van der Waals surface area contributed by atoms with Crippen LogP contribution in [0.3, 0.4) is 0 Å². The normalized spacial score (nSPS) is 13.9. The van der Waals surface area contributed by atoms with Crippen molar-refractivity contribution in [3.63, 3.8) is 0 Å². The largest absolute Gasteiger partial charge is 0.497 e. The Balaban J connectivity index is 1.21. The van der Waals surface area contributed by atoms with E-state index in [1.807, 2.05) is 83.4 Å². The lowest BCUT2D eigenvalue weighted by molar-refractivity contribution is -0.130. The summed E-state index contributed by atoms with van der Waals surface area (Å²) in [5.41, 5.74) is 4.22. The number of hydrazone groups is 1. The SMILES string of the molecule is COc1ccc(C(=O)NCc2nnc(SCC(=O)N3N=C(c4ccc(OC)cc4)CC3c3ccc(OC)cc3)n2Cc2ccccc2)cc1. The van der Waals surface area contributed by atoms with Gasteiger partial charge in [0.2, 0.25) is 0 Å². The van der Waals surface area contributed by atoms with Crippen molar-refractivity contribution in [2.45, 2.75) is 30.7 Å². The highest BCUT2D eigenvalue weighted by molar-refractivity contribution is 7.99. The molecule has 250 valence electrons. The Labute approximate surface area is 288 Å². The van der Waals surface area contributed by atoms with Crippen molar-refractivity contribution in [1.29, 1.82) is 0 Å². The number of carbonyl (C=O) groups excluding carboxylic acids is 2. The Morgan fingerprint density at radius 2 is 1.41 bits per heavy atom. The zero-order valence-electron chi connectivity index (χ0n) is 27.4. The molecule has 1 atom stereocenters. The van der Waals surface area contributed by atoms with Gasteiger partial charge in [0.25, 0.3) is 11.8 Å². The number of nitrogens with one attached hydrogen (secondary N) is 1. The number of nitrogens with zero attached hydrogens (tertiary/aromatic N) is 5. The van der Waals surface area contributed by atoms with Gasteiger partial charge >= 0.3 is 0 Å². The standard InChI is InChI=1S/C37H36N6O5S/c1-46-29-15-9-26(10-16-29)32-21-33(27-11-17-30(47-2)18-12-27)43(41-32)35(44)24-49-37-40-39-34(42(37)23-25-7-5-4-6-8-25)22-38-36(45)28-13-19-31(48-3)20-14-28/h4-20,33H,21-24H2,1-3H3,(H,38,45). The molecule has 1 aromatic heterocycles. The smallest absolute Gasteiger partial charge is 0.253 e. The van der Waals surface area contributed by atoms with Gasteiger partial charge in [0.05, 0.1) is 51.9 Å². The van der Waals surface area contributed by atoms with E-state index in [0.29, 0.717) is 35.3 Å². The molecule has 2 amide bonds. The molecule has 0 radical (unpaired) electrons. The summed E-state index contributed by atoms with van der Waals surface area (Å²) in [5, 5.41) is 18.7. The van der Waals surface area contributed by atoms with Gasteiger partial charge in [-0.1, -0.05) is 54.2 Å². The van der Waals surface area contributed by atoms with Gasteiger partial charge in [0, 0.05) is 12.0 Å². The summed E-state index contributed by atoms with van der Waals surface area (Å²) in [4.78, 5) is 26.8. The predicted octanol–water partition coefficient (Wildman–Crippen LogP) is 5.75. The Morgan fingerprint density at radius 3 is 2.04 bits per heavy atom. The molecule has 0 saturated carbocycles. The first-order chi connectivity index (χ1) is 23.9. The third kappa shape index (κ3) is 7.92. The fraction of sp³-hybridized carbons (Fsp3) is 0.216. The summed E-state index contributed by atoms with van der Waals surface area (Å²) in [7, 11) is 4.83. The lowest BCUT2D eigenvalue weighted by atomic mass is 9.98. The third-order valence-corrected chi connectivity index (χ3v) is 9.10. The second kappa shape index (κ2) is 15.5. The van der Waals surface area contributed by atoms with Crippen LogP contribution in [0.4, 0.5) is 0 Å². The van der Waals surface area contributed by atoms with Crippen molar-refractivity contribution >= 4 is 29.3 Å². The van der Waals surface area contributed by atoms with Crippen molar-refractivity contribution in [1.82, 2.24) is 25.1 Å². The highest BCUT2D eigenvalue weighted by Gasteiger charge is 2.33. The number of benzene rings is 4. The number of aromatic nitrogens is 3. The van der Waals surface area contributed by atoms with Gasteiger partial charge in [0.1, 0.15) is 17.2 Å². The molecule has 6 rings (SSSR count). The average molecular weight is 677 g/mol. The van der Waals surface area contributed by atoms with Gasteiger partial charge in [0.15, 0.2) is 11.0 Å². The first-order valence-corrected chi connectivity index (χ1v) is 16.6. The summed E-state index contributed by atoms with van der Waals surface area (Å²) >= 11 is 1.29. The van der Waals surface area contributed by atoms with Gasteiger partial charge in [-0.15, -0.1) is 10.2 Å². The van der Waals surface area contributed by atoms with E-state index in [1.165, 1.54) is 11.8 Å². The number of amides is 2. The first kappa shape index (κ1) is 33.3. The van der Waals surface area contributed by atoms with E-state index < -0.39 is 0 Å². The van der Waals surface area contributed by atoms with Gasteiger partial charge in [-0.25, -0.2) is 5.01 Å². The molecular formula is C37H36N6O5S. The molecule has 1 aliphatic rings. The van der Waals surface area contributed by atoms with Crippen LogP contribution in [-0.2, 0) is 17.9 Å². The quantitative estimate of drug-likeness (QED) is 0.157. The highest BCUT2D eigenvalue weighted by atomic mass is 32.2. The Morgan fingerprint density at radius 1 is 0.796 bits per heavy atom. The molecule has 12 heteroatoms. The highest BCUT2D eigenvalue weighted by Crippen LogP contribution is 2.35. The van der Waals surface area contributed by atoms with Crippen LogP contribution in [0.25, 0.3) is 0 Å². The molecule has 4 aromatic carbocycles. The van der Waals surface area contributed by atoms with E-state index in [1.54, 1.807) is 50.6 Å². The van der Waals surface area contributed by atoms with Crippen LogP contribution < -0.4 is 19.5 Å². The van der Waals surface area contributed by atoms with Gasteiger partial charge in [-0.3, -0.25) is 9.59 Å². The summed E-state index contributed by atoms with van der Waals surface area (Å²) in [5.74, 6) is 2.39. The number of rotatable bonds is 13. The van der Waals surface area contributed by atoms with E-state index in [-0.39, 0.29) is 30.2 Å². The summed E-state index contributed by atoms with van der Waals surface area (Å²) < 4.78 is 17.8. The number of hydrogen-bond acceptors (Lipinski definition) is 9. The second-order valence-electron chi connectivity index (χ2n) is 11.2. The van der Waals surface area contributed by atoms with E-state index >= 15 is 0 Å². The van der Waals surface area contributed by atoms with Crippen LogP contribution in [0.5, 0.6) is 17.2 Å². The van der Waals surface area contributed by atoms with Gasteiger partial charge < -0.3 is 24.1 Å². The molecule has 0 fully saturated rings. The minimum absolute atomic E-state index is 0.0805. The van der Waals surface area contributed by atoms with Crippen LogP contribution in [0, 0.1) is 0 Å². The number of carbonyl (C=O) groups is 2. The van der Waals surface area contributed by atoms with E-state index in [0.717, 1.165) is 33.9 Å². The Bertz CT molecular complexity index is 1910. The predicted molar refractivity (Wildman–Crippen MR) is 187 cm³/mol. The fourth-order valence-electron chi connectivity index (χ4n) is 5.46. The second-order valence-corrected chi connectivity index (χ2v) is 12.1. The molecule has 1 unspecified atom stereocenters. The lowest BCUT2D eigenvalue weighted by Gasteiger charge is -2.22. The van der Waals surface area contributed by atoms with Crippen molar-refractivity contribution in [2.75, 3.05) is 27.1 Å². The monoisotopic (exact) mass is 676 g/mol. The van der Waals surface area contributed by atoms with Gasteiger partial charge in [-0.2, -0.15) is 5.10 Å². The molecule has 0 bridgehead atoms. The van der Waals surface area contributed by atoms with Crippen molar-refractivity contribution in [2.24, 2.45) is 5.10 Å². The van der Waals surface area contributed by atoms with Crippen LogP contribution in [0.15, 0.2) is 113 Å². The molecule has 1 N–H and O–H groups in total. The molecule has 2 heterocycles. The Kier molecular flexibility index (Phi) is 10.5. The third-order valence-electron chi connectivity index (χ3n) is 8.15. The fourth-order valence-corrected chi connectivity index (χ4v) is 6.27. The first-order valence-electron chi connectivity index (χ1n) is 15.6. The number of ether oxygens (including phenoxy) is 3. The zero-order valence-corrected chi connectivity index (χ0v) is 28.2. The number of methoxy groups -OCH3 is 3. The molecule has 0 aliphatic carbocycles. The summed E-state index contributed by atoms with van der Waals surface area (Å²) in [6, 6.07) is 31.9. The van der Waals surface area contributed by atoms with Crippen LogP contribution >= 0.6 is 11.8 Å². The van der Waals surface area contributed by atoms with Gasteiger partial charge in [-0.05, 0) is 77.4 Å². The van der Waals surface area contributed by atoms with Crippen molar-refractivity contribution in [3.8, 4) is 17.2 Å². The minimum atomic E-state index is -0.290. The Hall–Kier alpha value is -5.62. The maximum Gasteiger partial charge on any atom is 0.253 e. The van der Waals surface area contributed by atoms with E-state index in [2.05, 4.69) is 15.5 Å². The van der Waals surface area contributed by atoms with Crippen LogP contribution in [-0.4, -0.2) is 64.4 Å². The number of thioether (sulfide) groups is 1. The van der Waals surface area contributed by atoms with E-state index in [4.69, 9.17) is 19.3 Å². The lowest BCUT2D eigenvalue weighted by Crippen LogP contribution is -2.28. The zero-order chi connectivity index (χ0) is 34.2. The van der Waals surface area contributed by atoms with E-state index in [9.17, 15) is 9.59 Å². The van der Waals surface area contributed by atoms with Crippen LogP contribution in [0.1, 0.15) is 45.3 Å². The topological polar surface area (TPSA) is 120 Å². The molecule has 49 heavy (non-hydrogen) atoms. The minimum Gasteiger partial charge on any atom is -0.497 e.